The Balaban J connectivity index is 2.23. The van der Waals surface area contributed by atoms with Crippen molar-refractivity contribution in [1.29, 1.82) is 0 Å². The maximum atomic E-state index is 12.7. The number of alkyl halides is 3. The van der Waals surface area contributed by atoms with Crippen LogP contribution in [0.25, 0.3) is 11.1 Å². The minimum Gasteiger partial charge on any atom is -0.357 e. The third kappa shape index (κ3) is 4.91. The fraction of sp³-hybridized carbons (Fsp3) is 0.211. The first-order valence-electron chi connectivity index (χ1n) is 8.30. The molecule has 0 aliphatic rings. The zero-order valence-corrected chi connectivity index (χ0v) is 15.4. The molecule has 0 bridgehead atoms. The summed E-state index contributed by atoms with van der Waals surface area (Å²) >= 11 is 0. The molecular weight excluding hydrogens is 391 g/mol. The molecule has 2 aromatic carbocycles. The number of hydrogen-bond donors (Lipinski definition) is 3. The van der Waals surface area contributed by atoms with Crippen molar-refractivity contribution in [2.24, 2.45) is 0 Å². The van der Waals surface area contributed by atoms with Crippen molar-refractivity contribution >= 4 is 17.7 Å². The maximum absolute atomic E-state index is 12.7. The number of hydroxylamine groups is 1. The van der Waals surface area contributed by atoms with Gasteiger partial charge in [0.15, 0.2) is 6.04 Å². The van der Waals surface area contributed by atoms with Crippen LogP contribution in [0.2, 0.25) is 0 Å². The summed E-state index contributed by atoms with van der Waals surface area (Å²) in [7, 11) is 2.50. The molecule has 7 nitrogen and oxygen atoms in total. The molecule has 1 atom stereocenters. The number of halogens is 3. The highest BCUT2D eigenvalue weighted by atomic mass is 19.4. The van der Waals surface area contributed by atoms with Gasteiger partial charge in [0.05, 0.1) is 5.56 Å². The molecule has 0 fully saturated rings. The zero-order chi connectivity index (χ0) is 21.8. The van der Waals surface area contributed by atoms with Crippen LogP contribution in [0.4, 0.5) is 13.2 Å². The van der Waals surface area contributed by atoms with E-state index in [2.05, 4.69) is 5.32 Å². The Labute approximate surface area is 164 Å². The first-order chi connectivity index (χ1) is 13.6. The predicted molar refractivity (Wildman–Crippen MR) is 96.8 cm³/mol. The largest absolute Gasteiger partial charge is 0.416 e. The van der Waals surface area contributed by atoms with Crippen LogP contribution in [-0.4, -0.2) is 48.0 Å². The van der Waals surface area contributed by atoms with Gasteiger partial charge in [0.1, 0.15) is 0 Å². The molecule has 3 amide bonds. The van der Waals surface area contributed by atoms with Crippen LogP contribution in [0.5, 0.6) is 0 Å². The normalized spacial score (nSPS) is 12.1. The molecule has 0 radical (unpaired) electrons. The number of rotatable bonds is 5. The van der Waals surface area contributed by atoms with Crippen LogP contribution in [0.15, 0.2) is 48.5 Å². The van der Waals surface area contributed by atoms with Crippen molar-refractivity contribution in [3.8, 4) is 11.1 Å². The van der Waals surface area contributed by atoms with E-state index in [-0.39, 0.29) is 5.56 Å². The Kier molecular flexibility index (Phi) is 6.60. The lowest BCUT2D eigenvalue weighted by Crippen LogP contribution is -2.54. The summed E-state index contributed by atoms with van der Waals surface area (Å²) < 4.78 is 38.0. The SMILES string of the molecule is CNC(=O)C(C(=O)NO)N(C)C(=O)c1ccc(-c2ccc(C(F)(F)F)cc2)cc1. The van der Waals surface area contributed by atoms with E-state index in [0.717, 1.165) is 17.0 Å². The Morgan fingerprint density at radius 1 is 0.931 bits per heavy atom. The number of carbonyl (C=O) groups is 3. The first kappa shape index (κ1) is 21.9. The molecule has 0 saturated carbocycles. The number of amides is 3. The Morgan fingerprint density at radius 2 is 1.41 bits per heavy atom. The molecule has 3 N–H and O–H groups in total. The number of nitrogens with one attached hydrogen (secondary N) is 2. The van der Waals surface area contributed by atoms with E-state index in [4.69, 9.17) is 5.21 Å². The van der Waals surface area contributed by atoms with Crippen LogP contribution in [0, 0.1) is 0 Å². The summed E-state index contributed by atoms with van der Waals surface area (Å²) in [6.45, 7) is 0. The van der Waals surface area contributed by atoms with Gasteiger partial charge in [-0.3, -0.25) is 19.6 Å². The molecule has 1 unspecified atom stereocenters. The van der Waals surface area contributed by atoms with Gasteiger partial charge in [-0.1, -0.05) is 24.3 Å². The van der Waals surface area contributed by atoms with E-state index in [1.165, 1.54) is 56.0 Å². The standard InChI is InChI=1S/C19H18F3N3O4/c1-23-16(26)15(17(27)24-29)25(2)18(28)13-5-3-11(4-6-13)12-7-9-14(10-8-12)19(20,21)22/h3-10,15,29H,1-2H3,(H,23,26)(H,24,27). The van der Waals surface area contributed by atoms with Crippen molar-refractivity contribution in [2.45, 2.75) is 12.2 Å². The van der Waals surface area contributed by atoms with Crippen LogP contribution in [-0.2, 0) is 15.8 Å². The minimum absolute atomic E-state index is 0.141. The summed E-state index contributed by atoms with van der Waals surface area (Å²) in [5.74, 6) is -2.54. The number of likely N-dealkylation sites (N-methyl/N-ethyl adjacent to an activating group) is 2. The summed E-state index contributed by atoms with van der Waals surface area (Å²) in [6.07, 6.45) is -4.43. The van der Waals surface area contributed by atoms with Gasteiger partial charge in [-0.15, -0.1) is 0 Å². The lowest BCUT2D eigenvalue weighted by atomic mass is 10.0. The highest BCUT2D eigenvalue weighted by molar-refractivity contribution is 6.08. The fourth-order valence-electron chi connectivity index (χ4n) is 2.65. The molecule has 0 heterocycles. The maximum Gasteiger partial charge on any atom is 0.416 e. The van der Waals surface area contributed by atoms with Crippen molar-refractivity contribution < 1.29 is 32.8 Å². The summed E-state index contributed by atoms with van der Waals surface area (Å²) in [6, 6.07) is 8.88. The molecule has 154 valence electrons. The Hall–Kier alpha value is -3.40. The Morgan fingerprint density at radius 3 is 1.83 bits per heavy atom. The van der Waals surface area contributed by atoms with Crippen molar-refractivity contribution in [2.75, 3.05) is 14.1 Å². The number of nitrogens with zero attached hydrogens (tertiary/aromatic N) is 1. The molecule has 2 aromatic rings. The van der Waals surface area contributed by atoms with Gasteiger partial charge >= 0.3 is 6.18 Å². The molecule has 0 aliphatic heterocycles. The second-order valence-electron chi connectivity index (χ2n) is 6.06. The number of carbonyl (C=O) groups excluding carboxylic acids is 3. The van der Waals surface area contributed by atoms with Crippen molar-refractivity contribution in [1.82, 2.24) is 15.7 Å². The lowest BCUT2D eigenvalue weighted by Gasteiger charge is -2.25. The summed E-state index contributed by atoms with van der Waals surface area (Å²) in [5, 5.41) is 11.0. The molecule has 0 spiro atoms. The van der Waals surface area contributed by atoms with Crippen LogP contribution < -0.4 is 10.8 Å². The van der Waals surface area contributed by atoms with E-state index in [9.17, 15) is 27.6 Å². The van der Waals surface area contributed by atoms with Crippen LogP contribution >= 0.6 is 0 Å². The lowest BCUT2D eigenvalue weighted by molar-refractivity contribution is -0.141. The van der Waals surface area contributed by atoms with Gasteiger partial charge in [0, 0.05) is 19.7 Å². The van der Waals surface area contributed by atoms with Crippen molar-refractivity contribution in [3.05, 3.63) is 59.7 Å². The molecule has 0 saturated heterocycles. The van der Waals surface area contributed by atoms with E-state index < -0.39 is 35.5 Å². The van der Waals surface area contributed by atoms with E-state index in [1.807, 2.05) is 0 Å². The smallest absolute Gasteiger partial charge is 0.357 e. The Bertz CT molecular complexity index is 880. The fourth-order valence-corrected chi connectivity index (χ4v) is 2.65. The number of hydrogen-bond acceptors (Lipinski definition) is 4. The monoisotopic (exact) mass is 409 g/mol. The minimum atomic E-state index is -4.43. The second kappa shape index (κ2) is 8.74. The molecular formula is C19H18F3N3O4. The van der Waals surface area contributed by atoms with Gasteiger partial charge < -0.3 is 10.2 Å². The van der Waals surface area contributed by atoms with Gasteiger partial charge in [-0.2, -0.15) is 13.2 Å². The first-order valence-corrected chi connectivity index (χ1v) is 8.30. The quantitative estimate of drug-likeness (QED) is 0.400. The third-order valence-electron chi connectivity index (χ3n) is 4.24. The number of benzene rings is 2. The highest BCUT2D eigenvalue weighted by Crippen LogP contribution is 2.31. The molecule has 10 heteroatoms. The average molecular weight is 409 g/mol. The molecule has 2 rings (SSSR count). The zero-order valence-electron chi connectivity index (χ0n) is 15.4. The van der Waals surface area contributed by atoms with Crippen LogP contribution in [0.1, 0.15) is 15.9 Å². The van der Waals surface area contributed by atoms with Gasteiger partial charge in [-0.05, 0) is 35.4 Å². The van der Waals surface area contributed by atoms with E-state index in [0.29, 0.717) is 11.1 Å². The molecule has 29 heavy (non-hydrogen) atoms. The van der Waals surface area contributed by atoms with Crippen LogP contribution in [0.3, 0.4) is 0 Å². The highest BCUT2D eigenvalue weighted by Gasteiger charge is 2.33. The van der Waals surface area contributed by atoms with Gasteiger partial charge in [0.25, 0.3) is 17.7 Å². The molecule has 0 aliphatic carbocycles. The molecule has 0 aromatic heterocycles. The van der Waals surface area contributed by atoms with Gasteiger partial charge in [0.2, 0.25) is 0 Å². The van der Waals surface area contributed by atoms with E-state index >= 15 is 0 Å². The topological polar surface area (TPSA) is 98.7 Å². The predicted octanol–water partition coefficient (Wildman–Crippen LogP) is 2.06. The summed E-state index contributed by atoms with van der Waals surface area (Å²) in [4.78, 5) is 37.0. The van der Waals surface area contributed by atoms with E-state index in [1.54, 1.807) is 0 Å². The van der Waals surface area contributed by atoms with Crippen molar-refractivity contribution in [3.63, 3.8) is 0 Å². The average Bonchev–Trinajstić information content (AvgIpc) is 2.72. The van der Waals surface area contributed by atoms with Gasteiger partial charge in [-0.25, -0.2) is 5.48 Å². The summed E-state index contributed by atoms with van der Waals surface area (Å²) in [5.41, 5.74) is 1.81. The third-order valence-corrected chi connectivity index (χ3v) is 4.24. The second-order valence-corrected chi connectivity index (χ2v) is 6.06.